The lowest BCUT2D eigenvalue weighted by Crippen LogP contribution is -2.18. The molecule has 0 aliphatic rings. The summed E-state index contributed by atoms with van der Waals surface area (Å²) in [7, 11) is -3.85. The number of sulfonamides is 1. The van der Waals surface area contributed by atoms with Crippen LogP contribution in [0.4, 0.5) is 5.69 Å². The number of thiophene rings is 1. The zero-order chi connectivity index (χ0) is 21.0. The summed E-state index contributed by atoms with van der Waals surface area (Å²) in [5.41, 5.74) is 0.182. The zero-order valence-corrected chi connectivity index (χ0v) is 17.7. The average Bonchev–Trinajstić information content (AvgIpc) is 3.22. The van der Waals surface area contributed by atoms with Crippen molar-refractivity contribution in [2.45, 2.75) is 4.21 Å². The summed E-state index contributed by atoms with van der Waals surface area (Å²) in [4.78, 5) is 24.7. The van der Waals surface area contributed by atoms with Gasteiger partial charge in [-0.3, -0.25) is 9.52 Å². The molecular weight excluding hydrogens is 457 g/mol. The fourth-order valence-corrected chi connectivity index (χ4v) is 4.95. The van der Waals surface area contributed by atoms with Crippen LogP contribution in [0, 0.1) is 0 Å². The number of hydrogen-bond donors (Lipinski definition) is 1. The number of benzene rings is 2. The predicted octanol–water partition coefficient (Wildman–Crippen LogP) is 4.90. The molecule has 1 heterocycles. The second kappa shape index (κ2) is 8.96. The van der Waals surface area contributed by atoms with Crippen LogP contribution in [0.25, 0.3) is 0 Å². The molecule has 0 saturated carbocycles. The number of anilines is 1. The molecule has 3 rings (SSSR count). The van der Waals surface area contributed by atoms with Crippen molar-refractivity contribution in [3.05, 3.63) is 81.1 Å². The van der Waals surface area contributed by atoms with Crippen molar-refractivity contribution in [3.63, 3.8) is 0 Å². The first-order chi connectivity index (χ1) is 13.8. The van der Waals surface area contributed by atoms with E-state index < -0.39 is 28.4 Å². The number of nitrogens with one attached hydrogen (secondary N) is 1. The molecule has 0 saturated heterocycles. The summed E-state index contributed by atoms with van der Waals surface area (Å²) < 4.78 is 32.4. The molecule has 1 N–H and O–H groups in total. The lowest BCUT2D eigenvalue weighted by atomic mass is 10.1. The van der Waals surface area contributed by atoms with Gasteiger partial charge in [0.1, 0.15) is 4.21 Å². The van der Waals surface area contributed by atoms with Gasteiger partial charge in [0.2, 0.25) is 5.78 Å². The van der Waals surface area contributed by atoms with E-state index in [1.165, 1.54) is 36.4 Å². The average molecular weight is 470 g/mol. The van der Waals surface area contributed by atoms with Crippen molar-refractivity contribution < 1.29 is 22.7 Å². The lowest BCUT2D eigenvalue weighted by Gasteiger charge is -2.11. The van der Waals surface area contributed by atoms with Gasteiger partial charge in [0.25, 0.3) is 10.0 Å². The van der Waals surface area contributed by atoms with Crippen LogP contribution in [0.15, 0.2) is 64.2 Å². The second-order valence-electron chi connectivity index (χ2n) is 5.71. The van der Waals surface area contributed by atoms with Crippen molar-refractivity contribution in [2.75, 3.05) is 11.3 Å². The van der Waals surface area contributed by atoms with E-state index in [0.29, 0.717) is 5.02 Å². The van der Waals surface area contributed by atoms with Crippen molar-refractivity contribution in [3.8, 4) is 0 Å². The Kier molecular flexibility index (Phi) is 6.59. The van der Waals surface area contributed by atoms with E-state index in [4.69, 9.17) is 27.9 Å². The van der Waals surface area contributed by atoms with E-state index in [0.717, 1.165) is 11.3 Å². The smallest absolute Gasteiger partial charge is 0.340 e. The summed E-state index contributed by atoms with van der Waals surface area (Å²) in [5.74, 6) is -1.37. The first-order valence-electron chi connectivity index (χ1n) is 8.08. The third-order valence-corrected chi connectivity index (χ3v) is 7.03. The Morgan fingerprint density at radius 2 is 1.76 bits per heavy atom. The van der Waals surface area contributed by atoms with Gasteiger partial charge in [-0.1, -0.05) is 41.4 Å². The van der Waals surface area contributed by atoms with Crippen molar-refractivity contribution in [2.24, 2.45) is 0 Å². The maximum absolute atomic E-state index is 12.5. The highest BCUT2D eigenvalue weighted by Crippen LogP contribution is 2.24. The van der Waals surface area contributed by atoms with Gasteiger partial charge in [-0.2, -0.15) is 0 Å². The molecule has 0 atom stereocenters. The van der Waals surface area contributed by atoms with Crippen molar-refractivity contribution in [1.29, 1.82) is 0 Å². The van der Waals surface area contributed by atoms with Crippen LogP contribution >= 0.6 is 34.5 Å². The monoisotopic (exact) mass is 469 g/mol. The summed E-state index contributed by atoms with van der Waals surface area (Å²) in [5, 5.41) is 2.14. The van der Waals surface area contributed by atoms with Gasteiger partial charge in [0.05, 0.1) is 16.3 Å². The molecule has 0 bridgehead atoms. The van der Waals surface area contributed by atoms with Gasteiger partial charge in [-0.05, 0) is 41.8 Å². The van der Waals surface area contributed by atoms with Crippen LogP contribution in [0.2, 0.25) is 10.0 Å². The van der Waals surface area contributed by atoms with Crippen LogP contribution in [-0.4, -0.2) is 26.8 Å². The molecule has 29 heavy (non-hydrogen) atoms. The van der Waals surface area contributed by atoms with Gasteiger partial charge >= 0.3 is 5.97 Å². The van der Waals surface area contributed by atoms with Gasteiger partial charge < -0.3 is 4.74 Å². The van der Waals surface area contributed by atoms with Crippen LogP contribution in [0.5, 0.6) is 0 Å². The maximum atomic E-state index is 12.5. The van der Waals surface area contributed by atoms with Crippen molar-refractivity contribution >= 4 is 62.0 Å². The van der Waals surface area contributed by atoms with Crippen LogP contribution in [0.3, 0.4) is 0 Å². The predicted molar refractivity (Wildman–Crippen MR) is 113 cm³/mol. The molecule has 0 aliphatic heterocycles. The standard InChI is InChI=1S/C19H13Cl2NO5S2/c20-12-7-8-13(15(21)10-12)17(23)11-27-19(24)14-4-1-2-5-16(14)22-29(25,26)18-6-3-9-28-18/h1-10,22H,11H2. The van der Waals surface area contributed by atoms with Crippen molar-refractivity contribution in [1.82, 2.24) is 0 Å². The van der Waals surface area contributed by atoms with E-state index in [9.17, 15) is 18.0 Å². The largest absolute Gasteiger partial charge is 0.454 e. The van der Waals surface area contributed by atoms with E-state index in [2.05, 4.69) is 4.72 Å². The number of para-hydroxylation sites is 1. The fourth-order valence-electron chi connectivity index (χ4n) is 2.36. The molecule has 0 radical (unpaired) electrons. The topological polar surface area (TPSA) is 89.5 Å². The number of esters is 1. The van der Waals surface area contributed by atoms with Gasteiger partial charge in [-0.15, -0.1) is 11.3 Å². The fraction of sp³-hybridized carbons (Fsp3) is 0.0526. The molecule has 1 aromatic heterocycles. The minimum atomic E-state index is -3.85. The SMILES string of the molecule is O=C(COC(=O)c1ccccc1NS(=O)(=O)c1cccs1)c1ccc(Cl)cc1Cl. The van der Waals surface area contributed by atoms with E-state index >= 15 is 0 Å². The molecule has 0 fully saturated rings. The Labute approximate surface area is 181 Å². The number of Topliss-reactive ketones (excluding diaryl/α,β-unsaturated/α-hetero) is 1. The third-order valence-electron chi connectivity index (χ3n) is 3.72. The van der Waals surface area contributed by atoms with E-state index in [1.54, 1.807) is 23.6 Å². The molecule has 10 heteroatoms. The second-order valence-corrected chi connectivity index (χ2v) is 9.41. The number of carbonyl (C=O) groups is 2. The molecule has 0 amide bonds. The number of carbonyl (C=O) groups excluding carboxylic acids is 2. The Morgan fingerprint density at radius 3 is 2.45 bits per heavy atom. The first-order valence-corrected chi connectivity index (χ1v) is 11.2. The van der Waals surface area contributed by atoms with Gasteiger partial charge in [0.15, 0.2) is 6.61 Å². The summed E-state index contributed by atoms with van der Waals surface area (Å²) in [6.45, 7) is -0.563. The Morgan fingerprint density at radius 1 is 1.00 bits per heavy atom. The van der Waals surface area contributed by atoms with E-state index in [-0.39, 0.29) is 26.0 Å². The minimum absolute atomic E-state index is 0.0253. The molecule has 0 spiro atoms. The summed E-state index contributed by atoms with van der Waals surface area (Å²) in [6.07, 6.45) is 0. The Hall–Kier alpha value is -2.39. The molecule has 3 aromatic rings. The van der Waals surface area contributed by atoms with Crippen LogP contribution in [-0.2, 0) is 14.8 Å². The highest BCUT2D eigenvalue weighted by molar-refractivity contribution is 7.94. The maximum Gasteiger partial charge on any atom is 0.340 e. The summed E-state index contributed by atoms with van der Waals surface area (Å²) >= 11 is 12.8. The zero-order valence-electron chi connectivity index (χ0n) is 14.6. The van der Waals surface area contributed by atoms with Gasteiger partial charge in [0, 0.05) is 10.6 Å². The van der Waals surface area contributed by atoms with Gasteiger partial charge in [-0.25, -0.2) is 13.2 Å². The molecule has 6 nitrogen and oxygen atoms in total. The lowest BCUT2D eigenvalue weighted by molar-refractivity contribution is 0.0476. The number of ether oxygens (including phenoxy) is 1. The summed E-state index contributed by atoms with van der Waals surface area (Å²) in [6, 6.07) is 13.3. The molecule has 0 unspecified atom stereocenters. The highest BCUT2D eigenvalue weighted by Gasteiger charge is 2.21. The first kappa shape index (κ1) is 21.3. The Balaban J connectivity index is 1.74. The number of halogens is 2. The number of rotatable bonds is 7. The van der Waals surface area contributed by atoms with Crippen LogP contribution in [0.1, 0.15) is 20.7 Å². The third kappa shape index (κ3) is 5.16. The Bertz CT molecular complexity index is 1160. The number of hydrogen-bond acceptors (Lipinski definition) is 6. The van der Waals surface area contributed by atoms with E-state index in [1.807, 2.05) is 0 Å². The normalized spacial score (nSPS) is 11.1. The van der Waals surface area contributed by atoms with Crippen LogP contribution < -0.4 is 4.72 Å². The molecule has 150 valence electrons. The number of ketones is 1. The minimum Gasteiger partial charge on any atom is -0.454 e. The quantitative estimate of drug-likeness (QED) is 0.392. The molecule has 2 aromatic carbocycles. The highest BCUT2D eigenvalue weighted by atomic mass is 35.5. The molecule has 0 aliphatic carbocycles. The molecular formula is C19H13Cl2NO5S2.